The van der Waals surface area contributed by atoms with Crippen LogP contribution in [-0.4, -0.2) is 19.1 Å². The van der Waals surface area contributed by atoms with Gasteiger partial charge in [-0.15, -0.1) is 0 Å². The third-order valence-corrected chi connectivity index (χ3v) is 3.45. The van der Waals surface area contributed by atoms with Gasteiger partial charge in [-0.3, -0.25) is 4.98 Å². The first-order valence-electron chi connectivity index (χ1n) is 6.51. The van der Waals surface area contributed by atoms with E-state index in [0.717, 1.165) is 27.9 Å². The fourth-order valence-corrected chi connectivity index (χ4v) is 2.42. The summed E-state index contributed by atoms with van der Waals surface area (Å²) in [5.41, 5.74) is 2.17. The summed E-state index contributed by atoms with van der Waals surface area (Å²) in [5.74, 6) is 0.857. The van der Waals surface area contributed by atoms with E-state index >= 15 is 0 Å². The number of para-hydroxylation sites is 1. The highest BCUT2D eigenvalue weighted by molar-refractivity contribution is 5.98. The van der Waals surface area contributed by atoms with Crippen LogP contribution in [0.2, 0.25) is 0 Å². The minimum atomic E-state index is 0.857. The molecule has 1 heterocycles. The Kier molecular flexibility index (Phi) is 3.25. The van der Waals surface area contributed by atoms with E-state index in [4.69, 9.17) is 4.74 Å². The van der Waals surface area contributed by atoms with Crippen molar-refractivity contribution in [2.24, 2.45) is 0 Å². The molecular formula is C17H16N2O. The summed E-state index contributed by atoms with van der Waals surface area (Å²) >= 11 is 0. The first kappa shape index (κ1) is 12.5. The van der Waals surface area contributed by atoms with Gasteiger partial charge in [0.1, 0.15) is 5.75 Å². The van der Waals surface area contributed by atoms with Crippen LogP contribution in [0.3, 0.4) is 0 Å². The van der Waals surface area contributed by atoms with Crippen molar-refractivity contribution >= 4 is 22.1 Å². The maximum Gasteiger partial charge on any atom is 0.143 e. The highest BCUT2D eigenvalue weighted by Gasteiger charge is 2.13. The van der Waals surface area contributed by atoms with Gasteiger partial charge in [-0.05, 0) is 30.3 Å². The molecule has 100 valence electrons. The van der Waals surface area contributed by atoms with Crippen LogP contribution in [-0.2, 0) is 0 Å². The fraction of sp³-hybridized carbons (Fsp3) is 0.118. The quantitative estimate of drug-likeness (QED) is 0.714. The molecule has 0 amide bonds. The minimum absolute atomic E-state index is 0.857. The van der Waals surface area contributed by atoms with E-state index in [0.29, 0.717) is 0 Å². The molecule has 3 heteroatoms. The molecule has 0 aliphatic rings. The minimum Gasteiger partial charge on any atom is -0.495 e. The van der Waals surface area contributed by atoms with E-state index in [1.165, 1.54) is 0 Å². The van der Waals surface area contributed by atoms with Crippen molar-refractivity contribution in [2.75, 3.05) is 19.1 Å². The molecule has 3 nitrogen and oxygen atoms in total. The van der Waals surface area contributed by atoms with Gasteiger partial charge in [-0.2, -0.15) is 0 Å². The Labute approximate surface area is 118 Å². The SMILES string of the molecule is COc1ccc2cnccc2c1N(C)c1ccccc1. The summed E-state index contributed by atoms with van der Waals surface area (Å²) in [6.45, 7) is 0. The lowest BCUT2D eigenvalue weighted by atomic mass is 10.1. The second-order valence-electron chi connectivity index (χ2n) is 4.61. The van der Waals surface area contributed by atoms with Crippen LogP contribution in [0.25, 0.3) is 10.8 Å². The molecule has 0 radical (unpaired) electrons. The lowest BCUT2D eigenvalue weighted by molar-refractivity contribution is 0.416. The van der Waals surface area contributed by atoms with Crippen LogP contribution < -0.4 is 9.64 Å². The van der Waals surface area contributed by atoms with Gasteiger partial charge in [-0.1, -0.05) is 18.2 Å². The molecule has 2 aromatic carbocycles. The van der Waals surface area contributed by atoms with Gasteiger partial charge >= 0.3 is 0 Å². The number of aromatic nitrogens is 1. The maximum atomic E-state index is 5.53. The van der Waals surface area contributed by atoms with Gasteiger partial charge in [0.05, 0.1) is 12.8 Å². The molecule has 0 spiro atoms. The van der Waals surface area contributed by atoms with Crippen molar-refractivity contribution in [3.8, 4) is 5.75 Å². The Morgan fingerprint density at radius 1 is 1.00 bits per heavy atom. The second kappa shape index (κ2) is 5.21. The highest BCUT2D eigenvalue weighted by atomic mass is 16.5. The molecule has 0 saturated carbocycles. The molecule has 0 aliphatic carbocycles. The lowest BCUT2D eigenvalue weighted by Gasteiger charge is -2.23. The number of hydrogen-bond donors (Lipinski definition) is 0. The highest BCUT2D eigenvalue weighted by Crippen LogP contribution is 2.38. The number of rotatable bonds is 3. The number of anilines is 2. The molecule has 0 bridgehead atoms. The Morgan fingerprint density at radius 2 is 1.80 bits per heavy atom. The van der Waals surface area contributed by atoms with Gasteiger partial charge in [0.25, 0.3) is 0 Å². The van der Waals surface area contributed by atoms with Gasteiger partial charge in [-0.25, -0.2) is 0 Å². The second-order valence-corrected chi connectivity index (χ2v) is 4.61. The van der Waals surface area contributed by atoms with Crippen LogP contribution >= 0.6 is 0 Å². The normalized spacial score (nSPS) is 10.5. The zero-order valence-electron chi connectivity index (χ0n) is 11.6. The smallest absolute Gasteiger partial charge is 0.143 e. The summed E-state index contributed by atoms with van der Waals surface area (Å²) in [5, 5.41) is 2.23. The first-order valence-corrected chi connectivity index (χ1v) is 6.51. The maximum absolute atomic E-state index is 5.53. The van der Waals surface area contributed by atoms with Gasteiger partial charge in [0, 0.05) is 35.9 Å². The number of methoxy groups -OCH3 is 1. The third-order valence-electron chi connectivity index (χ3n) is 3.45. The van der Waals surface area contributed by atoms with Gasteiger partial charge in [0.2, 0.25) is 0 Å². The van der Waals surface area contributed by atoms with Crippen LogP contribution in [0.15, 0.2) is 60.9 Å². The van der Waals surface area contributed by atoms with Crippen LogP contribution in [0, 0.1) is 0 Å². The molecule has 20 heavy (non-hydrogen) atoms. The standard InChI is InChI=1S/C17H16N2O/c1-19(14-6-4-3-5-7-14)17-15-10-11-18-12-13(15)8-9-16(17)20-2/h3-12H,1-2H3. The molecular weight excluding hydrogens is 248 g/mol. The monoisotopic (exact) mass is 264 g/mol. The Balaban J connectivity index is 2.23. The molecule has 1 aromatic heterocycles. The van der Waals surface area contributed by atoms with E-state index < -0.39 is 0 Å². The number of benzene rings is 2. The van der Waals surface area contributed by atoms with Crippen molar-refractivity contribution in [1.29, 1.82) is 0 Å². The first-order chi connectivity index (χ1) is 9.81. The number of nitrogens with zero attached hydrogens (tertiary/aromatic N) is 2. The predicted octanol–water partition coefficient (Wildman–Crippen LogP) is 4.01. The third kappa shape index (κ3) is 2.07. The Hall–Kier alpha value is -2.55. The number of pyridine rings is 1. The molecule has 0 saturated heterocycles. The molecule has 0 N–H and O–H groups in total. The summed E-state index contributed by atoms with van der Waals surface area (Å²) < 4.78 is 5.53. The number of ether oxygens (including phenoxy) is 1. The fourth-order valence-electron chi connectivity index (χ4n) is 2.42. The van der Waals surface area contributed by atoms with Crippen molar-refractivity contribution in [1.82, 2.24) is 4.98 Å². The van der Waals surface area contributed by atoms with Crippen molar-refractivity contribution in [3.05, 3.63) is 60.9 Å². The number of fused-ring (bicyclic) bond motifs is 1. The number of hydrogen-bond acceptors (Lipinski definition) is 3. The zero-order chi connectivity index (χ0) is 13.9. The average Bonchev–Trinajstić information content (AvgIpc) is 2.54. The summed E-state index contributed by atoms with van der Waals surface area (Å²) in [4.78, 5) is 6.32. The molecule has 3 aromatic rings. The van der Waals surface area contributed by atoms with Crippen LogP contribution in [0.5, 0.6) is 5.75 Å². The molecule has 0 unspecified atom stereocenters. The summed E-state index contributed by atoms with van der Waals surface area (Å²) in [6, 6.07) is 16.3. The molecule has 0 fully saturated rings. The molecule has 0 atom stereocenters. The van der Waals surface area contributed by atoms with Crippen molar-refractivity contribution in [3.63, 3.8) is 0 Å². The van der Waals surface area contributed by atoms with Crippen LogP contribution in [0.1, 0.15) is 0 Å². The van der Waals surface area contributed by atoms with E-state index in [2.05, 4.69) is 22.0 Å². The van der Waals surface area contributed by atoms with E-state index in [9.17, 15) is 0 Å². The summed E-state index contributed by atoms with van der Waals surface area (Å²) in [7, 11) is 3.75. The Bertz CT molecular complexity index is 725. The summed E-state index contributed by atoms with van der Waals surface area (Å²) in [6.07, 6.45) is 3.68. The Morgan fingerprint density at radius 3 is 2.55 bits per heavy atom. The largest absolute Gasteiger partial charge is 0.495 e. The van der Waals surface area contributed by atoms with Crippen molar-refractivity contribution < 1.29 is 4.74 Å². The zero-order valence-corrected chi connectivity index (χ0v) is 11.6. The van der Waals surface area contributed by atoms with E-state index in [1.54, 1.807) is 7.11 Å². The lowest BCUT2D eigenvalue weighted by Crippen LogP contribution is -2.11. The topological polar surface area (TPSA) is 25.4 Å². The van der Waals surface area contributed by atoms with E-state index in [-0.39, 0.29) is 0 Å². The van der Waals surface area contributed by atoms with E-state index in [1.807, 2.05) is 55.8 Å². The predicted molar refractivity (Wildman–Crippen MR) is 82.8 cm³/mol. The molecule has 0 aliphatic heterocycles. The van der Waals surface area contributed by atoms with Crippen molar-refractivity contribution in [2.45, 2.75) is 0 Å². The van der Waals surface area contributed by atoms with Gasteiger partial charge < -0.3 is 9.64 Å². The van der Waals surface area contributed by atoms with Crippen LogP contribution in [0.4, 0.5) is 11.4 Å². The van der Waals surface area contributed by atoms with Gasteiger partial charge in [0.15, 0.2) is 0 Å². The molecule has 3 rings (SSSR count). The average molecular weight is 264 g/mol.